The lowest BCUT2D eigenvalue weighted by molar-refractivity contribution is -0.137. The molecule has 1 heterocycles. The summed E-state index contributed by atoms with van der Waals surface area (Å²) in [5.41, 5.74) is 5.23. The van der Waals surface area contributed by atoms with E-state index in [1.807, 2.05) is 0 Å². The van der Waals surface area contributed by atoms with Crippen LogP contribution in [0.1, 0.15) is 41.6 Å². The zero-order chi connectivity index (χ0) is 22.0. The number of nitrogens with zero attached hydrogens (tertiary/aromatic N) is 1. The minimum atomic E-state index is -4.50. The van der Waals surface area contributed by atoms with Gasteiger partial charge in [-0.2, -0.15) is 13.2 Å². The van der Waals surface area contributed by atoms with Crippen LogP contribution < -0.4 is 10.5 Å². The largest absolute Gasteiger partial charge is 0.494 e. The van der Waals surface area contributed by atoms with Gasteiger partial charge >= 0.3 is 6.18 Å². The zero-order valence-corrected chi connectivity index (χ0v) is 17.3. The number of fused-ring (bicyclic) bond motifs is 1. The second-order valence-electron chi connectivity index (χ2n) is 8.56. The second kappa shape index (κ2) is 8.91. The quantitative estimate of drug-likeness (QED) is 0.629. The van der Waals surface area contributed by atoms with Gasteiger partial charge in [0.05, 0.1) is 12.2 Å². The molecule has 4 nitrogen and oxygen atoms in total. The number of carbonyl (C=O) groups excluding carboxylic acids is 1. The van der Waals surface area contributed by atoms with E-state index in [1.54, 1.807) is 24.3 Å². The number of hydrogen-bond acceptors (Lipinski definition) is 3. The van der Waals surface area contributed by atoms with E-state index >= 15 is 0 Å². The third-order valence-electron chi connectivity index (χ3n) is 6.47. The molecule has 7 heteroatoms. The number of carbonyl (C=O) groups is 1. The summed E-state index contributed by atoms with van der Waals surface area (Å²) in [5.74, 6) is 1.65. The smallest absolute Gasteiger partial charge is 0.416 e. The average molecular weight is 432 g/mol. The van der Waals surface area contributed by atoms with Crippen molar-refractivity contribution in [1.29, 1.82) is 0 Å². The highest BCUT2D eigenvalue weighted by molar-refractivity contribution is 6.00. The number of ether oxygens (including phenoxy) is 1. The summed E-state index contributed by atoms with van der Waals surface area (Å²) in [6.07, 6.45) is 0.549. The van der Waals surface area contributed by atoms with Crippen molar-refractivity contribution in [2.75, 3.05) is 26.2 Å². The molecule has 0 radical (unpaired) electrons. The summed E-state index contributed by atoms with van der Waals surface area (Å²) in [6.45, 7) is 4.02. The van der Waals surface area contributed by atoms with Crippen LogP contribution in [-0.4, -0.2) is 37.0 Å². The molecule has 2 atom stereocenters. The monoisotopic (exact) mass is 432 g/mol. The van der Waals surface area contributed by atoms with Gasteiger partial charge in [-0.25, -0.2) is 0 Å². The van der Waals surface area contributed by atoms with Gasteiger partial charge in [0.1, 0.15) is 5.75 Å². The van der Waals surface area contributed by atoms with Crippen molar-refractivity contribution < 1.29 is 22.7 Å². The van der Waals surface area contributed by atoms with Crippen molar-refractivity contribution in [1.82, 2.24) is 4.90 Å². The van der Waals surface area contributed by atoms with Crippen LogP contribution in [0.5, 0.6) is 5.75 Å². The van der Waals surface area contributed by atoms with Crippen molar-refractivity contribution in [3.63, 3.8) is 0 Å². The number of benzene rings is 2. The molecular weight excluding hydrogens is 405 g/mol. The van der Waals surface area contributed by atoms with Gasteiger partial charge in [-0.3, -0.25) is 4.79 Å². The summed E-state index contributed by atoms with van der Waals surface area (Å²) in [7, 11) is 0. The van der Waals surface area contributed by atoms with Gasteiger partial charge in [0, 0.05) is 25.2 Å². The van der Waals surface area contributed by atoms with E-state index in [1.165, 1.54) is 32.4 Å². The maximum absolute atomic E-state index is 13.1. The fourth-order valence-corrected chi connectivity index (χ4v) is 4.90. The van der Waals surface area contributed by atoms with Gasteiger partial charge in [0.25, 0.3) is 0 Å². The third kappa shape index (κ3) is 5.03. The molecule has 2 unspecified atom stereocenters. The minimum absolute atomic E-state index is 0.0528. The Hall–Kier alpha value is -2.54. The Balaban J connectivity index is 1.35. The molecule has 31 heavy (non-hydrogen) atoms. The van der Waals surface area contributed by atoms with Gasteiger partial charge in [-0.1, -0.05) is 18.6 Å². The van der Waals surface area contributed by atoms with Crippen LogP contribution in [0.15, 0.2) is 42.5 Å². The molecule has 0 bridgehead atoms. The molecule has 4 rings (SSSR count). The predicted molar refractivity (Wildman–Crippen MR) is 113 cm³/mol. The van der Waals surface area contributed by atoms with E-state index in [2.05, 4.69) is 4.90 Å². The highest BCUT2D eigenvalue weighted by Crippen LogP contribution is 2.38. The highest BCUT2D eigenvalue weighted by Gasteiger charge is 2.35. The summed E-state index contributed by atoms with van der Waals surface area (Å²) in [6, 6.07) is 9.67. The molecule has 1 aliphatic heterocycles. The number of likely N-dealkylation sites (tertiary alicyclic amines) is 1. The number of amides is 1. The number of alkyl halides is 3. The standard InChI is InChI=1S/C24H27F3N2O2/c25-24(26,27)19-7-10-21(23(28)30)22(13-19)16-5-8-20(9-6-16)31-12-2-11-29-14-17-3-1-4-18(17)15-29/h5-10,13,17-18H,1-4,11-12,14-15H2,(H2,28,30). The minimum Gasteiger partial charge on any atom is -0.494 e. The van der Waals surface area contributed by atoms with E-state index in [0.717, 1.165) is 43.0 Å². The van der Waals surface area contributed by atoms with Gasteiger partial charge in [0.15, 0.2) is 0 Å². The van der Waals surface area contributed by atoms with Crippen LogP contribution in [0.3, 0.4) is 0 Å². The normalized spacial score (nSPS) is 21.3. The van der Waals surface area contributed by atoms with E-state index in [9.17, 15) is 18.0 Å². The van der Waals surface area contributed by atoms with E-state index in [0.29, 0.717) is 17.9 Å². The highest BCUT2D eigenvalue weighted by atomic mass is 19.4. The lowest BCUT2D eigenvalue weighted by Crippen LogP contribution is -2.24. The van der Waals surface area contributed by atoms with Gasteiger partial charge in [-0.05, 0) is 72.6 Å². The van der Waals surface area contributed by atoms with Crippen LogP contribution in [0.2, 0.25) is 0 Å². The van der Waals surface area contributed by atoms with E-state index in [4.69, 9.17) is 10.5 Å². The van der Waals surface area contributed by atoms with Crippen molar-refractivity contribution in [3.8, 4) is 16.9 Å². The Morgan fingerprint density at radius 2 is 1.74 bits per heavy atom. The molecule has 2 N–H and O–H groups in total. The number of hydrogen-bond donors (Lipinski definition) is 1. The lowest BCUT2D eigenvalue weighted by atomic mass is 9.96. The molecule has 1 saturated heterocycles. The van der Waals surface area contributed by atoms with Crippen molar-refractivity contribution in [2.45, 2.75) is 31.9 Å². The Morgan fingerprint density at radius 3 is 2.35 bits per heavy atom. The fraction of sp³-hybridized carbons (Fsp3) is 0.458. The molecule has 1 saturated carbocycles. The van der Waals surface area contributed by atoms with Crippen molar-refractivity contribution >= 4 is 5.91 Å². The first-order valence-corrected chi connectivity index (χ1v) is 10.8. The van der Waals surface area contributed by atoms with Crippen LogP contribution in [0, 0.1) is 11.8 Å². The molecule has 1 amide bonds. The Labute approximate surface area is 180 Å². The molecule has 2 aliphatic rings. The van der Waals surface area contributed by atoms with Gasteiger partial charge < -0.3 is 15.4 Å². The first kappa shape index (κ1) is 21.7. The Kier molecular flexibility index (Phi) is 6.23. The molecule has 0 spiro atoms. The number of primary amides is 1. The molecule has 2 aromatic carbocycles. The molecule has 0 aromatic heterocycles. The van der Waals surface area contributed by atoms with Crippen molar-refractivity contribution in [2.24, 2.45) is 17.6 Å². The van der Waals surface area contributed by atoms with E-state index in [-0.39, 0.29) is 11.1 Å². The molecular formula is C24H27F3N2O2. The van der Waals surface area contributed by atoms with Crippen LogP contribution in [0.25, 0.3) is 11.1 Å². The van der Waals surface area contributed by atoms with Gasteiger partial charge in [0.2, 0.25) is 5.91 Å². The maximum atomic E-state index is 13.1. The van der Waals surface area contributed by atoms with E-state index < -0.39 is 17.6 Å². The molecule has 2 aromatic rings. The summed E-state index contributed by atoms with van der Waals surface area (Å²) in [5, 5.41) is 0. The SMILES string of the molecule is NC(=O)c1ccc(C(F)(F)F)cc1-c1ccc(OCCCN2CC3CCCC3C2)cc1. The van der Waals surface area contributed by atoms with Gasteiger partial charge in [-0.15, -0.1) is 0 Å². The lowest BCUT2D eigenvalue weighted by Gasteiger charge is -2.17. The Bertz CT molecular complexity index is 915. The van der Waals surface area contributed by atoms with Crippen LogP contribution >= 0.6 is 0 Å². The summed E-state index contributed by atoms with van der Waals surface area (Å²) < 4.78 is 45.1. The first-order valence-electron chi connectivity index (χ1n) is 10.8. The predicted octanol–water partition coefficient (Wildman–Crippen LogP) is 4.97. The summed E-state index contributed by atoms with van der Waals surface area (Å²) in [4.78, 5) is 14.2. The van der Waals surface area contributed by atoms with Crippen molar-refractivity contribution in [3.05, 3.63) is 53.6 Å². The maximum Gasteiger partial charge on any atom is 0.416 e. The number of halogens is 3. The topological polar surface area (TPSA) is 55.6 Å². The molecule has 1 aliphatic carbocycles. The van der Waals surface area contributed by atoms with Crippen LogP contribution in [-0.2, 0) is 6.18 Å². The zero-order valence-electron chi connectivity index (χ0n) is 17.3. The number of rotatable bonds is 7. The third-order valence-corrected chi connectivity index (χ3v) is 6.47. The second-order valence-corrected chi connectivity index (χ2v) is 8.56. The summed E-state index contributed by atoms with van der Waals surface area (Å²) >= 11 is 0. The van der Waals surface area contributed by atoms with Crippen LogP contribution in [0.4, 0.5) is 13.2 Å². The Morgan fingerprint density at radius 1 is 1.06 bits per heavy atom. The first-order chi connectivity index (χ1) is 14.8. The average Bonchev–Trinajstić information content (AvgIpc) is 3.32. The number of nitrogens with two attached hydrogens (primary N) is 1. The fourth-order valence-electron chi connectivity index (χ4n) is 4.90. The molecule has 2 fully saturated rings. The molecule has 166 valence electrons.